The second-order valence-electron chi connectivity index (χ2n) is 3.47. The van der Waals surface area contributed by atoms with Gasteiger partial charge in [-0.1, -0.05) is 11.8 Å². The molecule has 4 N–H and O–H groups in total. The van der Waals surface area contributed by atoms with Gasteiger partial charge in [-0.15, -0.1) is 0 Å². The first-order valence-electron chi connectivity index (χ1n) is 4.84. The minimum absolute atomic E-state index is 0.392. The summed E-state index contributed by atoms with van der Waals surface area (Å²) in [7, 11) is 0. The van der Waals surface area contributed by atoms with Crippen LogP contribution in [0.15, 0.2) is 46.2 Å². The lowest BCUT2D eigenvalue weighted by Crippen LogP contribution is -1.92. The fraction of sp³-hybridized carbons (Fsp3) is 0. The van der Waals surface area contributed by atoms with Crippen molar-refractivity contribution >= 4 is 23.1 Å². The first-order chi connectivity index (χ1) is 8.06. The van der Waals surface area contributed by atoms with Crippen LogP contribution in [-0.4, -0.2) is 0 Å². The van der Waals surface area contributed by atoms with E-state index in [2.05, 4.69) is 0 Å². The van der Waals surface area contributed by atoms with Crippen LogP contribution in [0.2, 0.25) is 0 Å². The fourth-order valence-corrected chi connectivity index (χ4v) is 2.26. The van der Waals surface area contributed by atoms with E-state index in [1.807, 2.05) is 0 Å². The summed E-state index contributed by atoms with van der Waals surface area (Å²) in [6.07, 6.45) is 0. The van der Waals surface area contributed by atoms with E-state index in [-0.39, 0.29) is 0 Å². The third-order valence-electron chi connectivity index (χ3n) is 2.17. The van der Waals surface area contributed by atoms with Gasteiger partial charge in [0.05, 0.1) is 0 Å². The van der Waals surface area contributed by atoms with Gasteiger partial charge in [0.2, 0.25) is 0 Å². The average Bonchev–Trinajstić information content (AvgIpc) is 2.28. The Morgan fingerprint density at radius 3 is 1.59 bits per heavy atom. The molecule has 17 heavy (non-hydrogen) atoms. The number of hydrogen-bond acceptors (Lipinski definition) is 3. The standard InChI is InChI=1S/C12H10F2N2S/c13-7-1-3-9(15)11(5-7)17-12-6-8(14)2-4-10(12)16/h1-6H,15-16H2. The van der Waals surface area contributed by atoms with E-state index in [1.54, 1.807) is 0 Å². The van der Waals surface area contributed by atoms with E-state index < -0.39 is 11.6 Å². The van der Waals surface area contributed by atoms with Gasteiger partial charge in [-0.3, -0.25) is 0 Å². The Hall–Kier alpha value is -1.75. The lowest BCUT2D eigenvalue weighted by atomic mass is 10.3. The van der Waals surface area contributed by atoms with Crippen molar-refractivity contribution in [1.29, 1.82) is 0 Å². The van der Waals surface area contributed by atoms with Crippen LogP contribution >= 0.6 is 11.8 Å². The molecule has 0 aliphatic carbocycles. The van der Waals surface area contributed by atoms with Gasteiger partial charge < -0.3 is 11.5 Å². The molecule has 5 heteroatoms. The van der Waals surface area contributed by atoms with E-state index in [9.17, 15) is 8.78 Å². The normalized spacial score (nSPS) is 10.5. The summed E-state index contributed by atoms with van der Waals surface area (Å²) in [6, 6.07) is 8.07. The number of anilines is 2. The minimum Gasteiger partial charge on any atom is -0.398 e. The van der Waals surface area contributed by atoms with E-state index in [0.29, 0.717) is 21.2 Å². The molecule has 0 amide bonds. The maximum Gasteiger partial charge on any atom is 0.124 e. The monoisotopic (exact) mass is 252 g/mol. The highest BCUT2D eigenvalue weighted by atomic mass is 32.2. The molecule has 0 radical (unpaired) electrons. The summed E-state index contributed by atoms with van der Waals surface area (Å²) in [5, 5.41) is 0. The van der Waals surface area contributed by atoms with Crippen LogP contribution in [0.1, 0.15) is 0 Å². The van der Waals surface area contributed by atoms with Gasteiger partial charge in [0, 0.05) is 21.2 Å². The Labute approximate surface area is 102 Å². The molecule has 2 nitrogen and oxygen atoms in total. The molecular formula is C12H10F2N2S. The summed E-state index contributed by atoms with van der Waals surface area (Å²) in [5.41, 5.74) is 12.3. The zero-order valence-corrected chi connectivity index (χ0v) is 9.60. The Bertz CT molecular complexity index is 509. The first kappa shape index (κ1) is 11.7. The van der Waals surface area contributed by atoms with Crippen molar-refractivity contribution in [3.63, 3.8) is 0 Å². The van der Waals surface area contributed by atoms with Crippen molar-refractivity contribution in [2.45, 2.75) is 9.79 Å². The predicted molar refractivity (Wildman–Crippen MR) is 65.7 cm³/mol. The first-order valence-corrected chi connectivity index (χ1v) is 5.66. The van der Waals surface area contributed by atoms with Gasteiger partial charge in [-0.2, -0.15) is 0 Å². The lowest BCUT2D eigenvalue weighted by Gasteiger charge is -2.07. The Kier molecular flexibility index (Phi) is 3.19. The molecule has 0 aliphatic rings. The highest BCUT2D eigenvalue weighted by Crippen LogP contribution is 2.35. The van der Waals surface area contributed by atoms with Gasteiger partial charge in [0.25, 0.3) is 0 Å². The van der Waals surface area contributed by atoms with Crippen molar-refractivity contribution in [3.05, 3.63) is 48.0 Å². The molecule has 0 spiro atoms. The van der Waals surface area contributed by atoms with Gasteiger partial charge in [-0.05, 0) is 36.4 Å². The molecule has 0 saturated heterocycles. The second kappa shape index (κ2) is 4.63. The van der Waals surface area contributed by atoms with E-state index in [4.69, 9.17) is 11.5 Å². The maximum atomic E-state index is 13.1. The SMILES string of the molecule is Nc1ccc(F)cc1Sc1cc(F)ccc1N. The summed E-state index contributed by atoms with van der Waals surface area (Å²) in [4.78, 5) is 1.03. The number of halogens is 2. The van der Waals surface area contributed by atoms with Crippen molar-refractivity contribution < 1.29 is 8.78 Å². The summed E-state index contributed by atoms with van der Waals surface area (Å²) < 4.78 is 26.1. The molecular weight excluding hydrogens is 242 g/mol. The van der Waals surface area contributed by atoms with Crippen LogP contribution in [0, 0.1) is 11.6 Å². The molecule has 2 aromatic rings. The van der Waals surface area contributed by atoms with Gasteiger partial charge in [0.15, 0.2) is 0 Å². The maximum absolute atomic E-state index is 13.1. The molecule has 2 rings (SSSR count). The van der Waals surface area contributed by atoms with E-state index >= 15 is 0 Å². The molecule has 0 atom stereocenters. The number of benzene rings is 2. The second-order valence-corrected chi connectivity index (χ2v) is 4.55. The average molecular weight is 252 g/mol. The third-order valence-corrected chi connectivity index (χ3v) is 3.32. The number of hydrogen-bond donors (Lipinski definition) is 2. The third kappa shape index (κ3) is 2.68. The van der Waals surface area contributed by atoms with E-state index in [1.165, 1.54) is 36.4 Å². The molecule has 0 heterocycles. The van der Waals surface area contributed by atoms with Crippen LogP contribution in [0.3, 0.4) is 0 Å². The van der Waals surface area contributed by atoms with Crippen molar-refractivity contribution in [2.75, 3.05) is 11.5 Å². The molecule has 0 aliphatic heterocycles. The highest BCUT2D eigenvalue weighted by Gasteiger charge is 2.07. The molecule has 0 saturated carbocycles. The van der Waals surface area contributed by atoms with E-state index in [0.717, 1.165) is 11.8 Å². The quantitative estimate of drug-likeness (QED) is 0.806. The van der Waals surface area contributed by atoms with Crippen molar-refractivity contribution in [2.24, 2.45) is 0 Å². The number of rotatable bonds is 2. The molecule has 0 aromatic heterocycles. The van der Waals surface area contributed by atoms with Gasteiger partial charge >= 0.3 is 0 Å². The van der Waals surface area contributed by atoms with Gasteiger partial charge in [-0.25, -0.2) is 8.78 Å². The van der Waals surface area contributed by atoms with Crippen LogP contribution < -0.4 is 11.5 Å². The molecule has 0 fully saturated rings. The highest BCUT2D eigenvalue weighted by molar-refractivity contribution is 7.99. The van der Waals surface area contributed by atoms with Crippen LogP contribution in [0.25, 0.3) is 0 Å². The largest absolute Gasteiger partial charge is 0.398 e. The minimum atomic E-state index is -0.392. The van der Waals surface area contributed by atoms with Gasteiger partial charge in [0.1, 0.15) is 11.6 Å². The van der Waals surface area contributed by atoms with Crippen molar-refractivity contribution in [3.8, 4) is 0 Å². The Morgan fingerprint density at radius 1 is 0.765 bits per heavy atom. The Morgan fingerprint density at radius 2 is 1.18 bits per heavy atom. The molecule has 2 aromatic carbocycles. The summed E-state index contributed by atoms with van der Waals surface area (Å²) in [6.45, 7) is 0. The summed E-state index contributed by atoms with van der Waals surface area (Å²) in [5.74, 6) is -0.784. The van der Waals surface area contributed by atoms with Crippen LogP contribution in [-0.2, 0) is 0 Å². The fourth-order valence-electron chi connectivity index (χ4n) is 1.31. The summed E-state index contributed by atoms with van der Waals surface area (Å²) >= 11 is 1.14. The molecule has 0 bridgehead atoms. The Balaban J connectivity index is 2.37. The van der Waals surface area contributed by atoms with Crippen molar-refractivity contribution in [1.82, 2.24) is 0 Å². The molecule has 88 valence electrons. The topological polar surface area (TPSA) is 52.0 Å². The predicted octanol–water partition coefficient (Wildman–Crippen LogP) is 3.28. The number of nitrogen functional groups attached to an aromatic ring is 2. The van der Waals surface area contributed by atoms with Crippen LogP contribution in [0.4, 0.5) is 20.2 Å². The smallest absolute Gasteiger partial charge is 0.124 e. The van der Waals surface area contributed by atoms with Crippen LogP contribution in [0.5, 0.6) is 0 Å². The number of nitrogens with two attached hydrogens (primary N) is 2. The zero-order chi connectivity index (χ0) is 12.4. The zero-order valence-electron chi connectivity index (χ0n) is 8.78. The lowest BCUT2D eigenvalue weighted by molar-refractivity contribution is 0.624. The molecule has 0 unspecified atom stereocenters.